The van der Waals surface area contributed by atoms with Gasteiger partial charge in [0.1, 0.15) is 6.29 Å². The van der Waals surface area contributed by atoms with Gasteiger partial charge in [-0.2, -0.15) is 0 Å². The predicted molar refractivity (Wildman–Crippen MR) is 35.2 cm³/mol. The summed E-state index contributed by atoms with van der Waals surface area (Å²) in [6, 6.07) is 0. The summed E-state index contributed by atoms with van der Waals surface area (Å²) in [6.45, 7) is 2.46. The molecule has 0 bridgehead atoms. The molecule has 0 N–H and O–H groups in total. The Kier molecular flexibility index (Phi) is 2.15. The van der Waals surface area contributed by atoms with Crippen LogP contribution in [0.1, 0.15) is 6.92 Å². The highest BCUT2D eigenvalue weighted by Gasteiger charge is 1.99. The van der Waals surface area contributed by atoms with E-state index >= 15 is 0 Å². The lowest BCUT2D eigenvalue weighted by Crippen LogP contribution is -2.08. The molecule has 1 aromatic rings. The van der Waals surface area contributed by atoms with E-state index in [1.54, 1.807) is 17.1 Å². The molecule has 4 heteroatoms. The van der Waals surface area contributed by atoms with Gasteiger partial charge in [0, 0.05) is 12.1 Å². The summed E-state index contributed by atoms with van der Waals surface area (Å²) in [6.07, 6.45) is 4.24. The van der Waals surface area contributed by atoms with Crippen LogP contribution in [0.3, 0.4) is 0 Å². The fraction of sp³-hybridized carbons (Fsp3) is 0.500. The van der Waals surface area contributed by atoms with E-state index in [0.717, 1.165) is 6.29 Å². The molecule has 0 aliphatic rings. The van der Waals surface area contributed by atoms with Crippen molar-refractivity contribution in [3.05, 3.63) is 12.4 Å². The van der Waals surface area contributed by atoms with Crippen molar-refractivity contribution >= 4 is 6.29 Å². The summed E-state index contributed by atoms with van der Waals surface area (Å²) in [5.41, 5.74) is 0. The van der Waals surface area contributed by atoms with Crippen molar-refractivity contribution in [2.24, 2.45) is 5.92 Å². The predicted octanol–water partition coefficient (Wildman–Crippen LogP) is 0.113. The zero-order chi connectivity index (χ0) is 7.40. The number of hydrogen-bond acceptors (Lipinski definition) is 3. The molecule has 1 heterocycles. The second kappa shape index (κ2) is 3.10. The van der Waals surface area contributed by atoms with Crippen LogP contribution in [0.5, 0.6) is 0 Å². The van der Waals surface area contributed by atoms with Crippen molar-refractivity contribution in [2.75, 3.05) is 0 Å². The summed E-state index contributed by atoms with van der Waals surface area (Å²) in [5, 5.41) is 7.32. The second-order valence-electron chi connectivity index (χ2n) is 2.24. The SMILES string of the molecule is CC(C=O)Cn1ccnn1. The van der Waals surface area contributed by atoms with Crippen LogP contribution >= 0.6 is 0 Å². The molecular weight excluding hydrogens is 130 g/mol. The minimum Gasteiger partial charge on any atom is -0.303 e. The number of nitrogens with zero attached hydrogens (tertiary/aromatic N) is 3. The fourth-order valence-corrected chi connectivity index (χ4v) is 0.668. The molecule has 1 atom stereocenters. The lowest BCUT2D eigenvalue weighted by Gasteiger charge is -2.00. The third kappa shape index (κ3) is 1.65. The number of carbonyl (C=O) groups is 1. The van der Waals surface area contributed by atoms with Gasteiger partial charge in [0.15, 0.2) is 0 Å². The van der Waals surface area contributed by atoms with Gasteiger partial charge >= 0.3 is 0 Å². The third-order valence-corrected chi connectivity index (χ3v) is 1.18. The third-order valence-electron chi connectivity index (χ3n) is 1.18. The van der Waals surface area contributed by atoms with Crippen LogP contribution in [0.15, 0.2) is 12.4 Å². The Bertz CT molecular complexity index is 195. The van der Waals surface area contributed by atoms with Crippen LogP contribution in [0, 0.1) is 5.92 Å². The molecule has 0 aromatic carbocycles. The number of hydrogen-bond donors (Lipinski definition) is 0. The quantitative estimate of drug-likeness (QED) is 0.558. The summed E-state index contributed by atoms with van der Waals surface area (Å²) in [5.74, 6) is 0.0155. The van der Waals surface area contributed by atoms with Gasteiger partial charge in [-0.15, -0.1) is 5.10 Å². The molecule has 0 saturated carbocycles. The van der Waals surface area contributed by atoms with Gasteiger partial charge in [0.2, 0.25) is 0 Å². The van der Waals surface area contributed by atoms with Gasteiger partial charge in [0.25, 0.3) is 0 Å². The van der Waals surface area contributed by atoms with Crippen molar-refractivity contribution in [1.29, 1.82) is 0 Å². The fourth-order valence-electron chi connectivity index (χ4n) is 0.668. The maximum absolute atomic E-state index is 10.2. The van der Waals surface area contributed by atoms with E-state index in [1.807, 2.05) is 6.92 Å². The maximum Gasteiger partial charge on any atom is 0.124 e. The Morgan fingerprint density at radius 2 is 2.60 bits per heavy atom. The van der Waals surface area contributed by atoms with Crippen molar-refractivity contribution in [3.63, 3.8) is 0 Å². The second-order valence-corrected chi connectivity index (χ2v) is 2.24. The minimum absolute atomic E-state index is 0.0155. The monoisotopic (exact) mass is 139 g/mol. The average molecular weight is 139 g/mol. The number of aldehydes is 1. The lowest BCUT2D eigenvalue weighted by molar-refractivity contribution is -0.111. The first kappa shape index (κ1) is 6.92. The van der Waals surface area contributed by atoms with Crippen LogP contribution in [0.4, 0.5) is 0 Å². The zero-order valence-electron chi connectivity index (χ0n) is 5.77. The van der Waals surface area contributed by atoms with Crippen LogP contribution in [-0.4, -0.2) is 21.3 Å². The van der Waals surface area contributed by atoms with E-state index in [0.29, 0.717) is 6.54 Å². The Hall–Kier alpha value is -1.19. The van der Waals surface area contributed by atoms with Crippen LogP contribution in [0.2, 0.25) is 0 Å². The van der Waals surface area contributed by atoms with Crippen molar-refractivity contribution < 1.29 is 4.79 Å². The van der Waals surface area contributed by atoms with Crippen molar-refractivity contribution in [3.8, 4) is 0 Å². The smallest absolute Gasteiger partial charge is 0.124 e. The van der Waals surface area contributed by atoms with E-state index in [2.05, 4.69) is 10.3 Å². The molecule has 0 fully saturated rings. The largest absolute Gasteiger partial charge is 0.303 e. The summed E-state index contributed by atoms with van der Waals surface area (Å²) < 4.78 is 1.64. The summed E-state index contributed by atoms with van der Waals surface area (Å²) in [7, 11) is 0. The van der Waals surface area contributed by atoms with Crippen LogP contribution in [-0.2, 0) is 11.3 Å². The van der Waals surface area contributed by atoms with Crippen LogP contribution < -0.4 is 0 Å². The minimum atomic E-state index is 0.0155. The van der Waals surface area contributed by atoms with E-state index in [-0.39, 0.29) is 5.92 Å². The molecular formula is C6H9N3O. The highest BCUT2D eigenvalue weighted by Crippen LogP contribution is 1.92. The van der Waals surface area contributed by atoms with Crippen molar-refractivity contribution in [2.45, 2.75) is 13.5 Å². The molecule has 54 valence electrons. The van der Waals surface area contributed by atoms with Gasteiger partial charge < -0.3 is 4.79 Å². The van der Waals surface area contributed by atoms with Gasteiger partial charge in [-0.3, -0.25) is 4.68 Å². The highest BCUT2D eigenvalue weighted by atomic mass is 16.1. The highest BCUT2D eigenvalue weighted by molar-refractivity contribution is 5.52. The standard InChI is InChI=1S/C6H9N3O/c1-6(5-10)4-9-3-2-7-8-9/h2-3,5-6H,4H2,1H3. The van der Waals surface area contributed by atoms with E-state index in [9.17, 15) is 4.79 Å². The topological polar surface area (TPSA) is 47.8 Å². The Balaban J connectivity index is 2.47. The number of carbonyl (C=O) groups excluding carboxylic acids is 1. The first-order valence-corrected chi connectivity index (χ1v) is 3.12. The molecule has 0 amide bonds. The van der Waals surface area contributed by atoms with Gasteiger partial charge in [-0.1, -0.05) is 12.1 Å². The average Bonchev–Trinajstić information content (AvgIpc) is 2.40. The first-order chi connectivity index (χ1) is 4.83. The molecule has 0 aliphatic carbocycles. The zero-order valence-corrected chi connectivity index (χ0v) is 5.77. The van der Waals surface area contributed by atoms with Gasteiger partial charge in [-0.25, -0.2) is 0 Å². The maximum atomic E-state index is 10.2. The molecule has 1 aromatic heterocycles. The molecule has 10 heavy (non-hydrogen) atoms. The van der Waals surface area contributed by atoms with Gasteiger partial charge in [-0.05, 0) is 0 Å². The molecule has 4 nitrogen and oxygen atoms in total. The molecule has 0 aliphatic heterocycles. The van der Waals surface area contributed by atoms with E-state index < -0.39 is 0 Å². The Labute approximate surface area is 58.8 Å². The summed E-state index contributed by atoms with van der Waals surface area (Å²) in [4.78, 5) is 10.2. The van der Waals surface area contributed by atoms with Crippen molar-refractivity contribution in [1.82, 2.24) is 15.0 Å². The molecule has 0 spiro atoms. The first-order valence-electron chi connectivity index (χ1n) is 3.12. The van der Waals surface area contributed by atoms with Crippen LogP contribution in [0.25, 0.3) is 0 Å². The Morgan fingerprint density at radius 3 is 3.10 bits per heavy atom. The number of rotatable bonds is 3. The Morgan fingerprint density at radius 1 is 1.80 bits per heavy atom. The molecule has 0 radical (unpaired) electrons. The van der Waals surface area contributed by atoms with Gasteiger partial charge in [0.05, 0.1) is 12.7 Å². The molecule has 0 saturated heterocycles. The molecule has 1 rings (SSSR count). The number of aromatic nitrogens is 3. The lowest BCUT2D eigenvalue weighted by atomic mass is 10.2. The van der Waals surface area contributed by atoms with E-state index in [4.69, 9.17) is 0 Å². The van der Waals surface area contributed by atoms with E-state index in [1.165, 1.54) is 0 Å². The summed E-state index contributed by atoms with van der Waals surface area (Å²) >= 11 is 0. The normalized spacial score (nSPS) is 12.9. The molecule has 1 unspecified atom stereocenters.